The predicted octanol–water partition coefficient (Wildman–Crippen LogP) is 3.85. The smallest absolute Gasteiger partial charge is 0.191 e. The second-order valence-electron chi connectivity index (χ2n) is 7.03. The predicted molar refractivity (Wildman–Crippen MR) is 112 cm³/mol. The quantitative estimate of drug-likeness (QED) is 0.559. The van der Waals surface area contributed by atoms with Crippen LogP contribution in [-0.4, -0.2) is 37.0 Å². The van der Waals surface area contributed by atoms with Crippen LogP contribution in [0, 0.1) is 11.7 Å². The van der Waals surface area contributed by atoms with Crippen LogP contribution in [0.3, 0.4) is 0 Å². The lowest BCUT2D eigenvalue weighted by atomic mass is 9.98. The second kappa shape index (κ2) is 10.4. The minimum absolute atomic E-state index is 0.214. The molecule has 6 heteroatoms. The molecule has 146 valence electrons. The number of nitrogens with zero attached hydrogens (tertiary/aromatic N) is 2. The maximum Gasteiger partial charge on any atom is 0.191 e. The molecule has 0 bridgehead atoms. The van der Waals surface area contributed by atoms with E-state index in [0.717, 1.165) is 37.7 Å². The summed E-state index contributed by atoms with van der Waals surface area (Å²) in [5.41, 5.74) is 0.881. The fraction of sp³-hybridized carbons (Fsp3) is 0.476. The summed E-state index contributed by atoms with van der Waals surface area (Å²) < 4.78 is 13.3. The van der Waals surface area contributed by atoms with Crippen LogP contribution >= 0.6 is 11.3 Å². The van der Waals surface area contributed by atoms with Gasteiger partial charge in [0.15, 0.2) is 5.96 Å². The van der Waals surface area contributed by atoms with E-state index in [1.54, 1.807) is 6.07 Å². The molecule has 1 aliphatic heterocycles. The normalized spacial score (nSPS) is 18.4. The highest BCUT2D eigenvalue weighted by Crippen LogP contribution is 2.20. The minimum Gasteiger partial charge on any atom is -0.357 e. The van der Waals surface area contributed by atoms with Crippen LogP contribution < -0.4 is 10.6 Å². The average Bonchev–Trinajstić information content (AvgIpc) is 3.17. The average molecular weight is 389 g/mol. The van der Waals surface area contributed by atoms with E-state index in [2.05, 4.69) is 45.0 Å². The number of hydrogen-bond acceptors (Lipinski definition) is 3. The van der Waals surface area contributed by atoms with Crippen LogP contribution in [0.25, 0.3) is 0 Å². The van der Waals surface area contributed by atoms with E-state index in [9.17, 15) is 4.39 Å². The molecule has 1 aliphatic rings. The van der Waals surface area contributed by atoms with Gasteiger partial charge in [0.25, 0.3) is 0 Å². The molecule has 3 rings (SSSR count). The van der Waals surface area contributed by atoms with Gasteiger partial charge in [0.2, 0.25) is 0 Å². The van der Waals surface area contributed by atoms with Crippen molar-refractivity contribution >= 4 is 17.3 Å². The Balaban J connectivity index is 1.49. The van der Waals surface area contributed by atoms with Gasteiger partial charge in [0, 0.05) is 31.1 Å². The highest BCUT2D eigenvalue weighted by Gasteiger charge is 2.20. The number of nitrogens with one attached hydrogen (secondary N) is 2. The molecule has 0 radical (unpaired) electrons. The Kier molecular flexibility index (Phi) is 7.66. The fourth-order valence-corrected chi connectivity index (χ4v) is 4.22. The van der Waals surface area contributed by atoms with Gasteiger partial charge in [0.05, 0.1) is 6.54 Å². The van der Waals surface area contributed by atoms with Crippen LogP contribution in [0.1, 0.15) is 30.2 Å². The molecule has 0 amide bonds. The number of likely N-dealkylation sites (tertiary alicyclic amines) is 1. The third kappa shape index (κ3) is 6.63. The van der Waals surface area contributed by atoms with E-state index in [-0.39, 0.29) is 5.82 Å². The van der Waals surface area contributed by atoms with Gasteiger partial charge in [0.1, 0.15) is 5.82 Å². The highest BCUT2D eigenvalue weighted by molar-refractivity contribution is 7.09. The summed E-state index contributed by atoms with van der Waals surface area (Å²) in [5, 5.41) is 8.91. The number of hydrogen-bond donors (Lipinski definition) is 2. The molecular weight excluding hydrogens is 359 g/mol. The molecule has 1 saturated heterocycles. The Morgan fingerprint density at radius 2 is 2.22 bits per heavy atom. The summed E-state index contributed by atoms with van der Waals surface area (Å²) in [6.45, 7) is 7.61. The van der Waals surface area contributed by atoms with Crippen molar-refractivity contribution in [1.29, 1.82) is 0 Å². The lowest BCUT2D eigenvalue weighted by Crippen LogP contribution is -2.44. The lowest BCUT2D eigenvalue weighted by molar-refractivity contribution is 0.169. The highest BCUT2D eigenvalue weighted by atomic mass is 32.1. The third-order valence-electron chi connectivity index (χ3n) is 4.77. The van der Waals surface area contributed by atoms with Crippen LogP contribution in [0.5, 0.6) is 0 Å². The van der Waals surface area contributed by atoms with E-state index in [1.807, 2.05) is 17.4 Å². The Bertz CT molecular complexity index is 717. The van der Waals surface area contributed by atoms with E-state index in [1.165, 1.54) is 36.4 Å². The SMILES string of the molecule is CCNC(=NCc1cccc(F)c1)NCC1CCCN(Cc2cccs2)C1. The molecule has 1 aromatic heterocycles. The van der Waals surface area contributed by atoms with Crippen molar-refractivity contribution in [3.05, 3.63) is 58.0 Å². The van der Waals surface area contributed by atoms with Gasteiger partial charge < -0.3 is 10.6 Å². The molecule has 2 aromatic rings. The largest absolute Gasteiger partial charge is 0.357 e. The first-order chi connectivity index (χ1) is 13.2. The van der Waals surface area contributed by atoms with Gasteiger partial charge in [-0.2, -0.15) is 0 Å². The first kappa shape index (κ1) is 19.8. The Hall–Kier alpha value is -1.92. The minimum atomic E-state index is -0.214. The first-order valence-corrected chi connectivity index (χ1v) is 10.6. The van der Waals surface area contributed by atoms with Crippen LogP contribution in [0.15, 0.2) is 46.8 Å². The van der Waals surface area contributed by atoms with Crippen molar-refractivity contribution in [2.24, 2.45) is 10.9 Å². The van der Waals surface area contributed by atoms with E-state index >= 15 is 0 Å². The van der Waals surface area contributed by atoms with Crippen molar-refractivity contribution in [1.82, 2.24) is 15.5 Å². The summed E-state index contributed by atoms with van der Waals surface area (Å²) in [5.74, 6) is 1.21. The molecular formula is C21H29FN4S. The monoisotopic (exact) mass is 388 g/mol. The number of rotatable bonds is 7. The van der Waals surface area contributed by atoms with Gasteiger partial charge in [-0.1, -0.05) is 18.2 Å². The first-order valence-electron chi connectivity index (χ1n) is 9.74. The summed E-state index contributed by atoms with van der Waals surface area (Å²) in [6.07, 6.45) is 2.49. The number of thiophene rings is 1. The van der Waals surface area contributed by atoms with Crippen molar-refractivity contribution in [2.45, 2.75) is 32.9 Å². The molecule has 27 heavy (non-hydrogen) atoms. The second-order valence-corrected chi connectivity index (χ2v) is 8.06. The molecule has 2 N–H and O–H groups in total. The zero-order valence-corrected chi connectivity index (χ0v) is 16.8. The summed E-state index contributed by atoms with van der Waals surface area (Å²) in [4.78, 5) is 8.60. The third-order valence-corrected chi connectivity index (χ3v) is 5.63. The molecule has 2 heterocycles. The summed E-state index contributed by atoms with van der Waals surface area (Å²) >= 11 is 1.84. The molecule has 4 nitrogen and oxygen atoms in total. The molecule has 0 aliphatic carbocycles. The van der Waals surface area contributed by atoms with Crippen molar-refractivity contribution in [3.63, 3.8) is 0 Å². The maximum atomic E-state index is 13.3. The van der Waals surface area contributed by atoms with Gasteiger partial charge in [-0.3, -0.25) is 4.90 Å². The van der Waals surface area contributed by atoms with Crippen molar-refractivity contribution in [3.8, 4) is 0 Å². The lowest BCUT2D eigenvalue weighted by Gasteiger charge is -2.32. The number of guanidine groups is 1. The number of aliphatic imine (C=N–C) groups is 1. The number of piperidine rings is 1. The molecule has 1 unspecified atom stereocenters. The van der Waals surface area contributed by atoms with Crippen LogP contribution in [0.2, 0.25) is 0 Å². The fourth-order valence-electron chi connectivity index (χ4n) is 3.47. The van der Waals surface area contributed by atoms with Gasteiger partial charge in [-0.05, 0) is 61.4 Å². The molecule has 0 saturated carbocycles. The molecule has 1 aromatic carbocycles. The zero-order chi connectivity index (χ0) is 18.9. The summed E-state index contributed by atoms with van der Waals surface area (Å²) in [7, 11) is 0. The zero-order valence-electron chi connectivity index (χ0n) is 16.0. The standard InChI is InChI=1S/C21H29FN4S/c1-2-23-21(24-13-17-6-3-8-19(22)12-17)25-14-18-7-4-10-26(15-18)16-20-9-5-11-27-20/h3,5-6,8-9,11-12,18H,2,4,7,10,13-16H2,1H3,(H2,23,24,25). The Morgan fingerprint density at radius 1 is 1.30 bits per heavy atom. The summed E-state index contributed by atoms with van der Waals surface area (Å²) in [6, 6.07) is 11.0. The van der Waals surface area contributed by atoms with E-state index in [4.69, 9.17) is 0 Å². The van der Waals surface area contributed by atoms with Gasteiger partial charge >= 0.3 is 0 Å². The van der Waals surface area contributed by atoms with E-state index < -0.39 is 0 Å². The number of benzene rings is 1. The van der Waals surface area contributed by atoms with E-state index in [0.29, 0.717) is 12.5 Å². The maximum absolute atomic E-state index is 13.3. The van der Waals surface area contributed by atoms with Gasteiger partial charge in [-0.15, -0.1) is 11.3 Å². The molecule has 1 atom stereocenters. The number of halogens is 1. The van der Waals surface area contributed by atoms with Gasteiger partial charge in [-0.25, -0.2) is 9.38 Å². The Labute approximate surface area is 165 Å². The molecule has 0 spiro atoms. The van der Waals surface area contributed by atoms with Crippen molar-refractivity contribution < 1.29 is 4.39 Å². The van der Waals surface area contributed by atoms with Crippen LogP contribution in [0.4, 0.5) is 4.39 Å². The Morgan fingerprint density at radius 3 is 3.00 bits per heavy atom. The molecule has 1 fully saturated rings. The topological polar surface area (TPSA) is 39.7 Å². The van der Waals surface area contributed by atoms with Crippen LogP contribution in [-0.2, 0) is 13.1 Å². The van der Waals surface area contributed by atoms with Crippen molar-refractivity contribution in [2.75, 3.05) is 26.2 Å².